The lowest BCUT2D eigenvalue weighted by Gasteiger charge is -2.31. The van der Waals surface area contributed by atoms with Gasteiger partial charge in [-0.2, -0.15) is 0 Å². The Labute approximate surface area is 242 Å². The van der Waals surface area contributed by atoms with Gasteiger partial charge in [0.25, 0.3) is 5.91 Å². The van der Waals surface area contributed by atoms with E-state index in [1.807, 2.05) is 54.6 Å². The number of amides is 3. The molecule has 1 aliphatic heterocycles. The molecule has 1 saturated carbocycles. The van der Waals surface area contributed by atoms with E-state index in [-0.39, 0.29) is 12.0 Å². The second-order valence-corrected chi connectivity index (χ2v) is 11.6. The third-order valence-electron chi connectivity index (χ3n) is 8.14. The van der Waals surface area contributed by atoms with Crippen LogP contribution in [0.4, 0.5) is 0 Å². The van der Waals surface area contributed by atoms with Crippen LogP contribution in [-0.2, 0) is 32.1 Å². The number of aliphatic hydroxyl groups is 1. The van der Waals surface area contributed by atoms with Crippen molar-refractivity contribution in [2.45, 2.75) is 96.2 Å². The Balaban J connectivity index is 1.42. The van der Waals surface area contributed by atoms with E-state index in [2.05, 4.69) is 16.0 Å². The summed E-state index contributed by atoms with van der Waals surface area (Å²) in [5, 5.41) is 19.4. The average molecular weight is 563 g/mol. The normalized spacial score (nSPS) is 19.6. The molecule has 9 heteroatoms. The zero-order valence-electron chi connectivity index (χ0n) is 24.1. The van der Waals surface area contributed by atoms with Gasteiger partial charge in [-0.15, -0.1) is 0 Å². The Bertz CT molecular complexity index is 1230. The van der Waals surface area contributed by atoms with Gasteiger partial charge in [0.05, 0.1) is 12.1 Å². The molecule has 1 heterocycles. The van der Waals surface area contributed by atoms with Gasteiger partial charge >= 0.3 is 0 Å². The van der Waals surface area contributed by atoms with E-state index in [0.29, 0.717) is 13.0 Å². The topological polar surface area (TPSA) is 128 Å². The van der Waals surface area contributed by atoms with Crippen molar-refractivity contribution in [3.63, 3.8) is 0 Å². The van der Waals surface area contributed by atoms with E-state index in [9.17, 15) is 24.3 Å². The van der Waals surface area contributed by atoms with Crippen LogP contribution in [0.3, 0.4) is 0 Å². The maximum Gasteiger partial charge on any atom is 0.289 e. The summed E-state index contributed by atoms with van der Waals surface area (Å²) < 4.78 is 0. The quantitative estimate of drug-likeness (QED) is 0.312. The third kappa shape index (κ3) is 7.59. The highest BCUT2D eigenvalue weighted by molar-refractivity contribution is 6.38. The monoisotopic (exact) mass is 562 g/mol. The molecule has 0 radical (unpaired) electrons. The van der Waals surface area contributed by atoms with Crippen molar-refractivity contribution in [2.75, 3.05) is 0 Å². The van der Waals surface area contributed by atoms with Gasteiger partial charge in [0, 0.05) is 12.6 Å². The van der Waals surface area contributed by atoms with Gasteiger partial charge in [-0.25, -0.2) is 0 Å². The van der Waals surface area contributed by atoms with Crippen LogP contribution in [0.1, 0.15) is 75.8 Å². The lowest BCUT2D eigenvalue weighted by atomic mass is 9.94. The van der Waals surface area contributed by atoms with Crippen LogP contribution in [0.25, 0.3) is 0 Å². The summed E-state index contributed by atoms with van der Waals surface area (Å²) in [7, 11) is 0. The summed E-state index contributed by atoms with van der Waals surface area (Å²) in [6, 6.07) is 14.3. The van der Waals surface area contributed by atoms with Crippen molar-refractivity contribution in [2.24, 2.45) is 5.92 Å². The average Bonchev–Trinajstić information content (AvgIpc) is 3.30. The van der Waals surface area contributed by atoms with Gasteiger partial charge in [-0.1, -0.05) is 87.7 Å². The van der Waals surface area contributed by atoms with E-state index in [1.54, 1.807) is 25.7 Å². The fourth-order valence-corrected chi connectivity index (χ4v) is 5.70. The highest BCUT2D eigenvalue weighted by Gasteiger charge is 2.38. The highest BCUT2D eigenvalue weighted by Crippen LogP contribution is 2.34. The fraction of sp³-hybridized carbons (Fsp3) is 0.500. The first-order valence-corrected chi connectivity index (χ1v) is 14.7. The van der Waals surface area contributed by atoms with Crippen LogP contribution >= 0.6 is 0 Å². The Morgan fingerprint density at radius 2 is 1.54 bits per heavy atom. The van der Waals surface area contributed by atoms with Crippen molar-refractivity contribution in [3.8, 4) is 0 Å². The number of hydrogen-bond acceptors (Lipinski definition) is 6. The first-order chi connectivity index (χ1) is 19.7. The molecular formula is C32H42N4O5. The molecule has 0 bridgehead atoms. The minimum absolute atomic E-state index is 0.0180. The summed E-state index contributed by atoms with van der Waals surface area (Å²) in [5.74, 6) is -2.66. The number of benzene rings is 2. The molecule has 4 rings (SSSR count). The van der Waals surface area contributed by atoms with Gasteiger partial charge in [-0.3, -0.25) is 24.1 Å². The van der Waals surface area contributed by atoms with Gasteiger partial charge in [0.1, 0.15) is 12.3 Å². The Hall–Kier alpha value is -3.56. The van der Waals surface area contributed by atoms with E-state index in [0.717, 1.165) is 48.8 Å². The molecule has 0 saturated heterocycles. The standard InChI is InChI=1S/C32H42N4O5/c1-20(2)27(28(37)31(40)34-24-15-8-5-9-16-24)35-29(38)21(3)33-30(39)26(18-22-12-6-4-7-13-22)36-19-23-14-10-11-17-25(23)32(36)41/h4,6-7,10-14,17,20-21,24,26-27,32,41H,5,8-9,15-16,18-19H2,1-3H3,(H,33,39)(H,34,40)(H,35,38). The Morgan fingerprint density at radius 3 is 2.20 bits per heavy atom. The highest BCUT2D eigenvalue weighted by atomic mass is 16.3. The Kier molecular flexibility index (Phi) is 10.3. The van der Waals surface area contributed by atoms with Gasteiger partial charge in [0.2, 0.25) is 17.6 Å². The smallest absolute Gasteiger partial charge is 0.289 e. The summed E-state index contributed by atoms with van der Waals surface area (Å²) in [6.45, 7) is 5.47. The summed E-state index contributed by atoms with van der Waals surface area (Å²) in [6.07, 6.45) is 4.24. The summed E-state index contributed by atoms with van der Waals surface area (Å²) >= 11 is 0. The van der Waals surface area contributed by atoms with Crippen molar-refractivity contribution in [1.82, 2.24) is 20.9 Å². The zero-order chi connectivity index (χ0) is 29.5. The number of carbonyl (C=O) groups excluding carboxylic acids is 4. The van der Waals surface area contributed by atoms with Crippen molar-refractivity contribution in [3.05, 3.63) is 71.3 Å². The van der Waals surface area contributed by atoms with Crippen molar-refractivity contribution in [1.29, 1.82) is 0 Å². The van der Waals surface area contributed by atoms with Crippen LogP contribution in [0.5, 0.6) is 0 Å². The van der Waals surface area contributed by atoms with Crippen LogP contribution in [-0.4, -0.2) is 57.7 Å². The largest absolute Gasteiger partial charge is 0.374 e. The molecule has 41 heavy (non-hydrogen) atoms. The molecule has 2 aromatic rings. The number of carbonyl (C=O) groups is 4. The van der Waals surface area contributed by atoms with E-state index in [4.69, 9.17) is 0 Å². The number of Topliss-reactive ketones (excluding diaryl/α,β-unsaturated/α-hetero) is 1. The molecular weight excluding hydrogens is 520 g/mol. The molecule has 4 unspecified atom stereocenters. The molecule has 2 aromatic carbocycles. The summed E-state index contributed by atoms with van der Waals surface area (Å²) in [4.78, 5) is 54.3. The molecule has 0 spiro atoms. The maximum atomic E-state index is 13.7. The number of nitrogens with zero attached hydrogens (tertiary/aromatic N) is 1. The van der Waals surface area contributed by atoms with E-state index >= 15 is 0 Å². The molecule has 2 aliphatic rings. The Morgan fingerprint density at radius 1 is 0.878 bits per heavy atom. The second-order valence-electron chi connectivity index (χ2n) is 11.6. The first-order valence-electron chi connectivity index (χ1n) is 14.7. The van der Waals surface area contributed by atoms with Gasteiger partial charge in [-0.05, 0) is 48.8 Å². The molecule has 1 aliphatic carbocycles. The van der Waals surface area contributed by atoms with Gasteiger partial charge < -0.3 is 21.1 Å². The maximum absolute atomic E-state index is 13.7. The van der Waals surface area contributed by atoms with Gasteiger partial charge in [0.15, 0.2) is 0 Å². The lowest BCUT2D eigenvalue weighted by molar-refractivity contribution is -0.142. The number of rotatable bonds is 11. The number of fused-ring (bicyclic) bond motifs is 1. The molecule has 220 valence electrons. The number of nitrogens with one attached hydrogen (secondary N) is 3. The molecule has 4 atom stereocenters. The lowest BCUT2D eigenvalue weighted by Crippen LogP contribution is -2.57. The fourth-order valence-electron chi connectivity index (χ4n) is 5.70. The van der Waals surface area contributed by atoms with Crippen LogP contribution in [0, 0.1) is 5.92 Å². The number of aliphatic hydroxyl groups excluding tert-OH is 1. The molecule has 9 nitrogen and oxygen atoms in total. The van der Waals surface area contributed by atoms with Crippen LogP contribution in [0.15, 0.2) is 54.6 Å². The number of hydrogen-bond donors (Lipinski definition) is 4. The zero-order valence-corrected chi connectivity index (χ0v) is 24.1. The molecule has 3 amide bonds. The minimum atomic E-state index is -1.01. The summed E-state index contributed by atoms with van der Waals surface area (Å²) in [5.41, 5.74) is 2.62. The predicted octanol–water partition coefficient (Wildman–Crippen LogP) is 2.77. The van der Waals surface area contributed by atoms with Crippen molar-refractivity contribution < 1.29 is 24.3 Å². The first kappa shape index (κ1) is 30.4. The van der Waals surface area contributed by atoms with Crippen LogP contribution in [0.2, 0.25) is 0 Å². The molecule has 1 fully saturated rings. The van der Waals surface area contributed by atoms with Crippen LogP contribution < -0.4 is 16.0 Å². The van der Waals surface area contributed by atoms with E-state index < -0.39 is 47.9 Å². The molecule has 4 N–H and O–H groups in total. The molecule has 0 aromatic heterocycles. The number of ketones is 1. The third-order valence-corrected chi connectivity index (χ3v) is 8.14. The van der Waals surface area contributed by atoms with E-state index in [1.165, 1.54) is 0 Å². The minimum Gasteiger partial charge on any atom is -0.374 e. The SMILES string of the molecule is CC(NC(=O)C(Cc1ccccc1)N1Cc2ccccc2C1O)C(=O)NC(C(=O)C(=O)NC1CCCCC1)C(C)C. The predicted molar refractivity (Wildman–Crippen MR) is 155 cm³/mol. The van der Waals surface area contributed by atoms with Crippen molar-refractivity contribution >= 4 is 23.5 Å². The second kappa shape index (κ2) is 13.9.